The van der Waals surface area contributed by atoms with Crippen LogP contribution in [0, 0.1) is 0 Å². The predicted octanol–water partition coefficient (Wildman–Crippen LogP) is 2.47. The summed E-state index contributed by atoms with van der Waals surface area (Å²) in [5.41, 5.74) is 3.14. The van der Waals surface area contributed by atoms with E-state index in [0.717, 1.165) is 18.0 Å². The highest BCUT2D eigenvalue weighted by molar-refractivity contribution is 7.09. The average molecular weight is 331 g/mol. The Labute approximate surface area is 140 Å². The lowest BCUT2D eigenvalue weighted by molar-refractivity contribution is 0.0949. The number of thiazole rings is 1. The number of amides is 1. The van der Waals surface area contributed by atoms with Gasteiger partial charge in [0, 0.05) is 37.3 Å². The fourth-order valence-electron chi connectivity index (χ4n) is 2.96. The number of aromatic nitrogens is 1. The van der Waals surface area contributed by atoms with Gasteiger partial charge in [0.1, 0.15) is 10.7 Å². The number of rotatable bonds is 6. The number of ether oxygens (including phenoxy) is 1. The van der Waals surface area contributed by atoms with Gasteiger partial charge in [0.15, 0.2) is 0 Å². The molecule has 23 heavy (non-hydrogen) atoms. The summed E-state index contributed by atoms with van der Waals surface area (Å²) in [7, 11) is 1.62. The molecule has 0 fully saturated rings. The zero-order valence-electron chi connectivity index (χ0n) is 13.4. The lowest BCUT2D eigenvalue weighted by atomic mass is 10.1. The summed E-state index contributed by atoms with van der Waals surface area (Å²) >= 11 is 1.44. The second-order valence-corrected chi connectivity index (χ2v) is 6.63. The number of carbonyl (C=O) groups is 1. The van der Waals surface area contributed by atoms with E-state index in [4.69, 9.17) is 4.74 Å². The minimum Gasteiger partial charge on any atom is -0.378 e. The molecular weight excluding hydrogens is 310 g/mol. The van der Waals surface area contributed by atoms with Gasteiger partial charge in [-0.2, -0.15) is 0 Å². The summed E-state index contributed by atoms with van der Waals surface area (Å²) < 4.78 is 5.02. The number of benzene rings is 1. The quantitative estimate of drug-likeness (QED) is 0.883. The van der Waals surface area contributed by atoms with Gasteiger partial charge in [0.2, 0.25) is 0 Å². The zero-order chi connectivity index (χ0) is 16.2. The molecule has 2 heterocycles. The van der Waals surface area contributed by atoms with Crippen LogP contribution in [0.2, 0.25) is 0 Å². The van der Waals surface area contributed by atoms with Crippen molar-refractivity contribution < 1.29 is 9.53 Å². The number of hydrogen-bond acceptors (Lipinski definition) is 5. The largest absolute Gasteiger partial charge is 0.378 e. The third-order valence-corrected chi connectivity index (χ3v) is 4.86. The summed E-state index contributed by atoms with van der Waals surface area (Å²) in [6, 6.07) is 8.94. The van der Waals surface area contributed by atoms with Crippen molar-refractivity contribution in [3.05, 3.63) is 45.9 Å². The first-order valence-electron chi connectivity index (χ1n) is 7.75. The predicted molar refractivity (Wildman–Crippen MR) is 92.1 cm³/mol. The molecule has 6 heteroatoms. The van der Waals surface area contributed by atoms with E-state index in [1.807, 2.05) is 0 Å². The van der Waals surface area contributed by atoms with Crippen LogP contribution in [-0.2, 0) is 17.8 Å². The maximum absolute atomic E-state index is 12.1. The van der Waals surface area contributed by atoms with Gasteiger partial charge < -0.3 is 15.0 Å². The van der Waals surface area contributed by atoms with E-state index >= 15 is 0 Å². The maximum atomic E-state index is 12.1. The molecule has 1 aromatic heterocycles. The van der Waals surface area contributed by atoms with Crippen LogP contribution in [-0.4, -0.2) is 37.1 Å². The molecule has 0 bridgehead atoms. The number of anilines is 1. The Kier molecular flexibility index (Phi) is 4.93. The highest BCUT2D eigenvalue weighted by Gasteiger charge is 2.25. The van der Waals surface area contributed by atoms with Gasteiger partial charge in [-0.15, -0.1) is 11.3 Å². The number of nitrogens with zero attached hydrogens (tertiary/aromatic N) is 2. The van der Waals surface area contributed by atoms with Crippen LogP contribution in [0.3, 0.4) is 0 Å². The normalized spacial score (nSPS) is 16.4. The molecule has 5 nitrogen and oxygen atoms in total. The van der Waals surface area contributed by atoms with E-state index in [0.29, 0.717) is 24.9 Å². The molecule has 1 amide bonds. The minimum absolute atomic E-state index is 0.122. The van der Waals surface area contributed by atoms with Crippen LogP contribution < -0.4 is 10.2 Å². The molecule has 0 spiro atoms. The third kappa shape index (κ3) is 3.54. The summed E-state index contributed by atoms with van der Waals surface area (Å²) in [5, 5.41) is 5.55. The van der Waals surface area contributed by atoms with E-state index < -0.39 is 0 Å². The molecule has 1 aromatic carbocycles. The number of fused-ring (bicyclic) bond motifs is 1. The molecule has 122 valence electrons. The van der Waals surface area contributed by atoms with Gasteiger partial charge in [0.25, 0.3) is 5.91 Å². The molecule has 0 radical (unpaired) electrons. The van der Waals surface area contributed by atoms with Gasteiger partial charge in [-0.1, -0.05) is 18.2 Å². The second-order valence-electron chi connectivity index (χ2n) is 5.69. The molecule has 1 atom stereocenters. The Morgan fingerprint density at radius 2 is 2.30 bits per heavy atom. The topological polar surface area (TPSA) is 54.5 Å². The van der Waals surface area contributed by atoms with Gasteiger partial charge in [-0.3, -0.25) is 4.79 Å². The van der Waals surface area contributed by atoms with E-state index in [1.165, 1.54) is 22.6 Å². The first-order valence-corrected chi connectivity index (χ1v) is 8.63. The SMILES string of the molecule is COCc1nc(C(=O)NCCN2c3ccccc3C[C@H]2C)cs1. The molecule has 0 saturated heterocycles. The number of carbonyl (C=O) groups excluding carboxylic acids is 1. The Morgan fingerprint density at radius 1 is 1.48 bits per heavy atom. The Hall–Kier alpha value is -1.92. The summed E-state index contributed by atoms with van der Waals surface area (Å²) in [6.45, 7) is 4.08. The molecule has 2 aromatic rings. The van der Waals surface area contributed by atoms with Crippen molar-refractivity contribution in [2.75, 3.05) is 25.1 Å². The number of hydrogen-bond donors (Lipinski definition) is 1. The number of para-hydroxylation sites is 1. The molecular formula is C17H21N3O2S. The van der Waals surface area contributed by atoms with Gasteiger partial charge >= 0.3 is 0 Å². The van der Waals surface area contributed by atoms with Crippen LogP contribution in [0.1, 0.15) is 28.0 Å². The van der Waals surface area contributed by atoms with Crippen molar-refractivity contribution in [2.45, 2.75) is 26.0 Å². The van der Waals surface area contributed by atoms with Crippen LogP contribution in [0.15, 0.2) is 29.6 Å². The molecule has 0 saturated carbocycles. The standard InChI is InChI=1S/C17H21N3O2S/c1-12-9-13-5-3-4-6-15(13)20(12)8-7-18-17(21)14-11-23-16(19-14)10-22-2/h3-6,11-12H,7-10H2,1-2H3,(H,18,21)/t12-/m1/s1. The van der Waals surface area contributed by atoms with Crippen molar-refractivity contribution in [1.82, 2.24) is 10.3 Å². The van der Waals surface area contributed by atoms with Crippen molar-refractivity contribution in [3.8, 4) is 0 Å². The van der Waals surface area contributed by atoms with Crippen LogP contribution >= 0.6 is 11.3 Å². The highest BCUT2D eigenvalue weighted by Crippen LogP contribution is 2.31. The second kappa shape index (κ2) is 7.10. The third-order valence-electron chi connectivity index (χ3n) is 4.04. The molecule has 3 rings (SSSR count). The van der Waals surface area contributed by atoms with Crippen LogP contribution in [0.5, 0.6) is 0 Å². The average Bonchev–Trinajstić information content (AvgIpc) is 3.13. The molecule has 1 aliphatic rings. The van der Waals surface area contributed by atoms with Crippen molar-refractivity contribution in [3.63, 3.8) is 0 Å². The van der Waals surface area contributed by atoms with Crippen LogP contribution in [0.25, 0.3) is 0 Å². The number of methoxy groups -OCH3 is 1. The summed E-state index contributed by atoms with van der Waals surface area (Å²) in [5.74, 6) is -0.122. The summed E-state index contributed by atoms with van der Waals surface area (Å²) in [6.07, 6.45) is 1.07. The lowest BCUT2D eigenvalue weighted by Gasteiger charge is -2.24. The van der Waals surface area contributed by atoms with E-state index in [2.05, 4.69) is 46.4 Å². The van der Waals surface area contributed by atoms with Gasteiger partial charge in [-0.25, -0.2) is 4.98 Å². The first-order chi connectivity index (χ1) is 11.2. The fourth-order valence-corrected chi connectivity index (χ4v) is 3.70. The molecule has 1 N–H and O–H groups in total. The van der Waals surface area contributed by atoms with Crippen molar-refractivity contribution in [1.29, 1.82) is 0 Å². The van der Waals surface area contributed by atoms with E-state index in [1.54, 1.807) is 12.5 Å². The lowest BCUT2D eigenvalue weighted by Crippen LogP contribution is -2.38. The monoisotopic (exact) mass is 331 g/mol. The molecule has 0 unspecified atom stereocenters. The van der Waals surface area contributed by atoms with Gasteiger partial charge in [0.05, 0.1) is 6.61 Å². The van der Waals surface area contributed by atoms with Crippen LogP contribution in [0.4, 0.5) is 5.69 Å². The van der Waals surface area contributed by atoms with E-state index in [9.17, 15) is 4.79 Å². The fraction of sp³-hybridized carbons (Fsp3) is 0.412. The Bertz CT molecular complexity index is 686. The number of nitrogens with one attached hydrogen (secondary N) is 1. The van der Waals surface area contributed by atoms with Crippen molar-refractivity contribution >= 4 is 22.9 Å². The highest BCUT2D eigenvalue weighted by atomic mass is 32.1. The zero-order valence-corrected chi connectivity index (χ0v) is 14.2. The summed E-state index contributed by atoms with van der Waals surface area (Å²) in [4.78, 5) is 18.8. The molecule has 0 aliphatic carbocycles. The first kappa shape index (κ1) is 16.0. The maximum Gasteiger partial charge on any atom is 0.270 e. The van der Waals surface area contributed by atoms with E-state index in [-0.39, 0.29) is 5.91 Å². The Morgan fingerprint density at radius 3 is 3.13 bits per heavy atom. The van der Waals surface area contributed by atoms with Crippen molar-refractivity contribution in [2.24, 2.45) is 0 Å². The Balaban J connectivity index is 1.54. The van der Waals surface area contributed by atoms with Gasteiger partial charge in [-0.05, 0) is 25.0 Å². The minimum atomic E-state index is -0.122. The smallest absolute Gasteiger partial charge is 0.270 e. The molecule has 1 aliphatic heterocycles.